The highest BCUT2D eigenvalue weighted by Crippen LogP contribution is 2.30. The molecule has 1 aromatic rings. The third-order valence-corrected chi connectivity index (χ3v) is 3.37. The van der Waals surface area contributed by atoms with Crippen molar-refractivity contribution in [1.29, 1.82) is 0 Å². The van der Waals surface area contributed by atoms with Gasteiger partial charge in [-0.05, 0) is 32.0 Å². The molecule has 0 spiro atoms. The van der Waals surface area contributed by atoms with E-state index in [0.717, 1.165) is 0 Å². The normalized spacial score (nSPS) is 11.8. The van der Waals surface area contributed by atoms with Crippen LogP contribution in [-0.4, -0.2) is 14.5 Å². The molecular weight excluding hydrogens is 304 g/mol. The van der Waals surface area contributed by atoms with Crippen LogP contribution < -0.4 is 4.74 Å². The van der Waals surface area contributed by atoms with Gasteiger partial charge in [0.05, 0.1) is 6.10 Å². The summed E-state index contributed by atoms with van der Waals surface area (Å²) in [5, 5.41) is 0. The van der Waals surface area contributed by atoms with Crippen LogP contribution in [0.15, 0.2) is 27.6 Å². The summed E-state index contributed by atoms with van der Waals surface area (Å²) in [6.07, 6.45) is -0.108. The molecule has 3 nitrogen and oxygen atoms in total. The van der Waals surface area contributed by atoms with Gasteiger partial charge in [-0.2, -0.15) is 0 Å². The first-order valence-corrected chi connectivity index (χ1v) is 7.32. The predicted octanol–water partition coefficient (Wildman–Crippen LogP) is 3.16. The highest BCUT2D eigenvalue weighted by molar-refractivity contribution is 9.10. The molecule has 6 heteroatoms. The Morgan fingerprint density at radius 1 is 1.40 bits per heavy atom. The van der Waals surface area contributed by atoms with Crippen LogP contribution in [0.3, 0.4) is 0 Å². The van der Waals surface area contributed by atoms with E-state index in [1.165, 1.54) is 6.07 Å². The fourth-order valence-corrected chi connectivity index (χ4v) is 2.52. The molecule has 0 aromatic heterocycles. The number of hydrogen-bond acceptors (Lipinski definition) is 3. The van der Waals surface area contributed by atoms with Gasteiger partial charge in [0, 0.05) is 15.2 Å². The molecule has 0 atom stereocenters. The van der Waals surface area contributed by atoms with E-state index in [0.29, 0.717) is 4.47 Å². The van der Waals surface area contributed by atoms with Crippen molar-refractivity contribution < 1.29 is 13.2 Å². The Kier molecular flexibility index (Phi) is 4.03. The SMILES string of the molecule is CC(C)Oc1ccc(Br)cc1S(=O)(=O)Cl. The summed E-state index contributed by atoms with van der Waals surface area (Å²) >= 11 is 3.18. The first kappa shape index (κ1) is 12.8. The van der Waals surface area contributed by atoms with Crippen molar-refractivity contribution in [3.63, 3.8) is 0 Å². The molecule has 0 aliphatic rings. The maximum atomic E-state index is 11.3. The molecule has 0 saturated carbocycles. The average Bonchev–Trinajstić information content (AvgIpc) is 2.05. The highest BCUT2D eigenvalue weighted by atomic mass is 79.9. The molecule has 0 heterocycles. The summed E-state index contributed by atoms with van der Waals surface area (Å²) in [5.74, 6) is 0.267. The van der Waals surface area contributed by atoms with Crippen molar-refractivity contribution in [2.45, 2.75) is 24.8 Å². The van der Waals surface area contributed by atoms with E-state index in [4.69, 9.17) is 15.4 Å². The molecule has 1 aromatic carbocycles. The minimum atomic E-state index is -3.78. The predicted molar refractivity (Wildman–Crippen MR) is 62.9 cm³/mol. The molecule has 0 bridgehead atoms. The second-order valence-electron chi connectivity index (χ2n) is 3.20. The first-order chi connectivity index (χ1) is 6.80. The molecule has 0 unspecified atom stereocenters. The van der Waals surface area contributed by atoms with Crippen LogP contribution in [0, 0.1) is 0 Å². The van der Waals surface area contributed by atoms with Gasteiger partial charge < -0.3 is 4.74 Å². The Labute approximate surface area is 102 Å². The van der Waals surface area contributed by atoms with Gasteiger partial charge in [-0.15, -0.1) is 0 Å². The minimum Gasteiger partial charge on any atom is -0.490 e. The van der Waals surface area contributed by atoms with Gasteiger partial charge in [0.2, 0.25) is 0 Å². The molecule has 0 N–H and O–H groups in total. The van der Waals surface area contributed by atoms with Crippen molar-refractivity contribution >= 4 is 35.7 Å². The fourth-order valence-electron chi connectivity index (χ4n) is 1.02. The molecule has 0 amide bonds. The molecule has 0 radical (unpaired) electrons. The number of ether oxygens (including phenoxy) is 1. The Bertz CT molecular complexity index is 456. The largest absolute Gasteiger partial charge is 0.490 e. The van der Waals surface area contributed by atoms with Crippen LogP contribution in [0.5, 0.6) is 5.75 Å². The van der Waals surface area contributed by atoms with Crippen LogP contribution >= 0.6 is 26.6 Å². The van der Waals surface area contributed by atoms with Gasteiger partial charge in [-0.1, -0.05) is 15.9 Å². The summed E-state index contributed by atoms with van der Waals surface area (Å²) in [4.78, 5) is -0.0211. The van der Waals surface area contributed by atoms with E-state index in [2.05, 4.69) is 15.9 Å². The van der Waals surface area contributed by atoms with Gasteiger partial charge in [-0.25, -0.2) is 8.42 Å². The third kappa shape index (κ3) is 3.66. The fraction of sp³-hybridized carbons (Fsp3) is 0.333. The summed E-state index contributed by atoms with van der Waals surface area (Å²) in [6.45, 7) is 3.62. The molecule has 84 valence electrons. The molecule has 0 aliphatic heterocycles. The molecule has 0 aliphatic carbocycles. The van der Waals surface area contributed by atoms with Crippen molar-refractivity contribution in [3.8, 4) is 5.75 Å². The molecule has 15 heavy (non-hydrogen) atoms. The van der Waals surface area contributed by atoms with Crippen molar-refractivity contribution in [1.82, 2.24) is 0 Å². The van der Waals surface area contributed by atoms with Gasteiger partial charge in [0.25, 0.3) is 9.05 Å². The lowest BCUT2D eigenvalue weighted by Gasteiger charge is -2.12. The zero-order valence-corrected chi connectivity index (χ0v) is 11.4. The van der Waals surface area contributed by atoms with E-state index >= 15 is 0 Å². The summed E-state index contributed by atoms with van der Waals surface area (Å²) < 4.78 is 28.5. The average molecular weight is 314 g/mol. The Morgan fingerprint density at radius 3 is 2.47 bits per heavy atom. The van der Waals surface area contributed by atoms with Gasteiger partial charge in [0.15, 0.2) is 0 Å². The highest BCUT2D eigenvalue weighted by Gasteiger charge is 2.18. The number of rotatable bonds is 3. The monoisotopic (exact) mass is 312 g/mol. The molecular formula is C9H10BrClO3S. The second kappa shape index (κ2) is 4.72. The minimum absolute atomic E-state index is 0.0211. The zero-order valence-electron chi connectivity index (χ0n) is 8.20. The lowest BCUT2D eigenvalue weighted by molar-refractivity contribution is 0.236. The Balaban J connectivity index is 3.27. The van der Waals surface area contributed by atoms with Crippen molar-refractivity contribution in [3.05, 3.63) is 22.7 Å². The maximum absolute atomic E-state index is 11.3. The smallest absolute Gasteiger partial charge is 0.265 e. The number of halogens is 2. The molecule has 0 saturated heterocycles. The van der Waals surface area contributed by atoms with E-state index in [1.54, 1.807) is 12.1 Å². The van der Waals surface area contributed by atoms with E-state index in [9.17, 15) is 8.42 Å². The van der Waals surface area contributed by atoms with Gasteiger partial charge >= 0.3 is 0 Å². The van der Waals surface area contributed by atoms with E-state index in [1.807, 2.05) is 13.8 Å². The first-order valence-electron chi connectivity index (χ1n) is 4.21. The van der Waals surface area contributed by atoms with Gasteiger partial charge in [-0.3, -0.25) is 0 Å². The van der Waals surface area contributed by atoms with Crippen molar-refractivity contribution in [2.24, 2.45) is 0 Å². The van der Waals surface area contributed by atoms with Crippen LogP contribution in [-0.2, 0) is 9.05 Å². The Morgan fingerprint density at radius 2 is 2.00 bits per heavy atom. The number of hydrogen-bond donors (Lipinski definition) is 0. The second-order valence-corrected chi connectivity index (χ2v) is 6.65. The molecule has 1 rings (SSSR count). The Hall–Kier alpha value is -0.260. The topological polar surface area (TPSA) is 43.4 Å². The van der Waals surface area contributed by atoms with Crippen LogP contribution in [0.25, 0.3) is 0 Å². The van der Waals surface area contributed by atoms with Crippen LogP contribution in [0.1, 0.15) is 13.8 Å². The zero-order chi connectivity index (χ0) is 11.6. The summed E-state index contributed by atoms with van der Waals surface area (Å²) in [6, 6.07) is 4.68. The van der Waals surface area contributed by atoms with Crippen molar-refractivity contribution in [2.75, 3.05) is 0 Å². The standard InChI is InChI=1S/C9H10BrClO3S/c1-6(2)14-8-4-3-7(10)5-9(8)15(11,12)13/h3-6H,1-2H3. The molecule has 0 fully saturated rings. The maximum Gasteiger partial charge on any atom is 0.265 e. The lowest BCUT2D eigenvalue weighted by Crippen LogP contribution is -2.08. The summed E-state index contributed by atoms with van der Waals surface area (Å²) in [5.41, 5.74) is 0. The third-order valence-electron chi connectivity index (χ3n) is 1.53. The lowest BCUT2D eigenvalue weighted by atomic mass is 10.3. The quantitative estimate of drug-likeness (QED) is 0.805. The van der Waals surface area contributed by atoms with Gasteiger partial charge in [0.1, 0.15) is 10.6 Å². The van der Waals surface area contributed by atoms with Crippen LogP contribution in [0.4, 0.5) is 0 Å². The van der Waals surface area contributed by atoms with E-state index < -0.39 is 9.05 Å². The summed E-state index contributed by atoms with van der Waals surface area (Å²) in [7, 11) is 1.51. The van der Waals surface area contributed by atoms with E-state index in [-0.39, 0.29) is 16.7 Å². The van der Waals surface area contributed by atoms with Crippen LogP contribution in [0.2, 0.25) is 0 Å². The number of benzene rings is 1.